The molecule has 23 heavy (non-hydrogen) atoms. The minimum absolute atomic E-state index is 0.118. The fourth-order valence-corrected chi connectivity index (χ4v) is 2.91. The molecule has 0 aromatic heterocycles. The lowest BCUT2D eigenvalue weighted by Gasteiger charge is -2.40. The van der Waals surface area contributed by atoms with Crippen molar-refractivity contribution >= 4 is 12.1 Å². The van der Waals surface area contributed by atoms with Crippen molar-refractivity contribution < 1.29 is 24.2 Å². The summed E-state index contributed by atoms with van der Waals surface area (Å²) in [6.07, 6.45) is 1.88. The molecule has 1 aromatic carbocycles. The molecule has 0 spiro atoms. The second kappa shape index (κ2) is 8.53. The van der Waals surface area contributed by atoms with Crippen LogP contribution in [-0.4, -0.2) is 47.9 Å². The Morgan fingerprint density at radius 2 is 1.91 bits per heavy atom. The monoisotopic (exact) mass is 321 g/mol. The summed E-state index contributed by atoms with van der Waals surface area (Å²) >= 11 is 0. The van der Waals surface area contributed by atoms with E-state index in [0.29, 0.717) is 12.8 Å². The first-order chi connectivity index (χ1) is 11.2. The number of carbonyl (C=O) groups excluding carboxylic acids is 2. The van der Waals surface area contributed by atoms with Crippen LogP contribution in [0.1, 0.15) is 31.2 Å². The van der Waals surface area contributed by atoms with E-state index in [0.717, 1.165) is 12.0 Å². The molecule has 1 fully saturated rings. The van der Waals surface area contributed by atoms with Crippen LogP contribution < -0.4 is 0 Å². The number of ether oxygens (including phenoxy) is 2. The maximum absolute atomic E-state index is 12.5. The normalized spacial score (nSPS) is 20.9. The number of methoxy groups -OCH3 is 1. The second-order valence-electron chi connectivity index (χ2n) is 5.65. The summed E-state index contributed by atoms with van der Waals surface area (Å²) in [5.74, 6) is -0.366. The number of likely N-dealkylation sites (tertiary alicyclic amines) is 1. The van der Waals surface area contributed by atoms with Gasteiger partial charge >= 0.3 is 12.1 Å². The molecular formula is C17H23NO5. The molecule has 1 aliphatic rings. The molecule has 1 aromatic rings. The van der Waals surface area contributed by atoms with Gasteiger partial charge in [-0.25, -0.2) is 4.79 Å². The highest BCUT2D eigenvalue weighted by molar-refractivity contribution is 5.73. The lowest BCUT2D eigenvalue weighted by atomic mass is 9.94. The highest BCUT2D eigenvalue weighted by atomic mass is 16.6. The molecule has 0 bridgehead atoms. The van der Waals surface area contributed by atoms with Crippen molar-refractivity contribution in [3.8, 4) is 0 Å². The predicted octanol–water partition coefficient (Wildman–Crippen LogP) is 2.10. The van der Waals surface area contributed by atoms with E-state index in [2.05, 4.69) is 0 Å². The number of hydrogen-bond donors (Lipinski definition) is 1. The number of aliphatic hydroxyl groups excluding tert-OH is 1. The second-order valence-corrected chi connectivity index (χ2v) is 5.65. The molecular weight excluding hydrogens is 298 g/mol. The highest BCUT2D eigenvalue weighted by Crippen LogP contribution is 2.26. The standard InChI is InChI=1S/C17H23NO5/c1-22-16(20)10-14-8-5-9-15(11-19)18(14)17(21)23-12-13-6-3-2-4-7-13/h2-4,6-7,14-15,19H,5,8-12H2,1H3/t14-,15+/m0/s1. The van der Waals surface area contributed by atoms with E-state index in [4.69, 9.17) is 9.47 Å². The van der Waals surface area contributed by atoms with Gasteiger partial charge in [-0.2, -0.15) is 0 Å². The quantitative estimate of drug-likeness (QED) is 0.841. The van der Waals surface area contributed by atoms with Crippen LogP contribution in [0.2, 0.25) is 0 Å². The third kappa shape index (κ3) is 4.69. The average molecular weight is 321 g/mol. The first-order valence-corrected chi connectivity index (χ1v) is 7.82. The van der Waals surface area contributed by atoms with E-state index < -0.39 is 6.09 Å². The fraction of sp³-hybridized carbons (Fsp3) is 0.529. The number of nitrogens with zero attached hydrogens (tertiary/aromatic N) is 1. The van der Waals surface area contributed by atoms with Crippen molar-refractivity contribution in [3.63, 3.8) is 0 Å². The van der Waals surface area contributed by atoms with Gasteiger partial charge in [-0.3, -0.25) is 9.69 Å². The van der Waals surface area contributed by atoms with Gasteiger partial charge in [0, 0.05) is 6.04 Å². The van der Waals surface area contributed by atoms with E-state index in [1.54, 1.807) is 0 Å². The maximum Gasteiger partial charge on any atom is 0.410 e. The number of esters is 1. The molecule has 1 saturated heterocycles. The predicted molar refractivity (Wildman–Crippen MR) is 83.6 cm³/mol. The van der Waals surface area contributed by atoms with Gasteiger partial charge in [-0.15, -0.1) is 0 Å². The topological polar surface area (TPSA) is 76.1 Å². The molecule has 0 unspecified atom stereocenters. The summed E-state index contributed by atoms with van der Waals surface area (Å²) in [6, 6.07) is 8.78. The Morgan fingerprint density at radius 1 is 1.22 bits per heavy atom. The molecule has 1 amide bonds. The highest BCUT2D eigenvalue weighted by Gasteiger charge is 2.36. The van der Waals surface area contributed by atoms with Crippen molar-refractivity contribution in [3.05, 3.63) is 35.9 Å². The number of benzene rings is 1. The van der Waals surface area contributed by atoms with Crippen LogP contribution in [0.15, 0.2) is 30.3 Å². The zero-order chi connectivity index (χ0) is 16.7. The van der Waals surface area contributed by atoms with Gasteiger partial charge in [0.2, 0.25) is 0 Å². The van der Waals surface area contributed by atoms with E-state index >= 15 is 0 Å². The van der Waals surface area contributed by atoms with E-state index in [1.807, 2.05) is 30.3 Å². The van der Waals surface area contributed by atoms with Crippen LogP contribution in [0, 0.1) is 0 Å². The number of hydrogen-bond acceptors (Lipinski definition) is 5. The van der Waals surface area contributed by atoms with Gasteiger partial charge in [0.15, 0.2) is 0 Å². The van der Waals surface area contributed by atoms with Crippen LogP contribution >= 0.6 is 0 Å². The lowest BCUT2D eigenvalue weighted by Crippen LogP contribution is -2.52. The van der Waals surface area contributed by atoms with Crippen LogP contribution in [0.5, 0.6) is 0 Å². The molecule has 126 valence electrons. The minimum atomic E-state index is -0.499. The Hall–Kier alpha value is -2.08. The molecule has 2 atom stereocenters. The van der Waals surface area contributed by atoms with Crippen molar-refractivity contribution in [1.29, 1.82) is 0 Å². The summed E-state index contributed by atoms with van der Waals surface area (Å²) in [5.41, 5.74) is 0.892. The first-order valence-electron chi connectivity index (χ1n) is 7.82. The SMILES string of the molecule is COC(=O)C[C@@H]1CCC[C@H](CO)N1C(=O)OCc1ccccc1. The van der Waals surface area contributed by atoms with E-state index in [1.165, 1.54) is 12.0 Å². The molecule has 1 heterocycles. The van der Waals surface area contributed by atoms with Gasteiger partial charge in [-0.1, -0.05) is 30.3 Å². The lowest BCUT2D eigenvalue weighted by molar-refractivity contribution is -0.142. The molecule has 0 saturated carbocycles. The zero-order valence-corrected chi connectivity index (χ0v) is 13.3. The van der Waals surface area contributed by atoms with Crippen molar-refractivity contribution in [2.75, 3.05) is 13.7 Å². The van der Waals surface area contributed by atoms with Gasteiger partial charge in [0.05, 0.1) is 26.2 Å². The Balaban J connectivity index is 2.03. The fourth-order valence-electron chi connectivity index (χ4n) is 2.91. The number of aliphatic hydroxyl groups is 1. The maximum atomic E-state index is 12.5. The Bertz CT molecular complexity index is 519. The summed E-state index contributed by atoms with van der Waals surface area (Å²) in [7, 11) is 1.33. The van der Waals surface area contributed by atoms with Crippen LogP contribution in [0.4, 0.5) is 4.79 Å². The zero-order valence-electron chi connectivity index (χ0n) is 13.3. The average Bonchev–Trinajstić information content (AvgIpc) is 2.60. The molecule has 2 rings (SSSR count). The molecule has 1 aliphatic heterocycles. The third-order valence-corrected chi connectivity index (χ3v) is 4.12. The number of rotatable bonds is 5. The summed E-state index contributed by atoms with van der Waals surface area (Å²) in [4.78, 5) is 25.5. The Morgan fingerprint density at radius 3 is 2.57 bits per heavy atom. The smallest absolute Gasteiger partial charge is 0.410 e. The van der Waals surface area contributed by atoms with Gasteiger partial charge in [-0.05, 0) is 24.8 Å². The first kappa shape index (κ1) is 17.3. The number of carbonyl (C=O) groups is 2. The van der Waals surface area contributed by atoms with Crippen molar-refractivity contribution in [1.82, 2.24) is 4.90 Å². The van der Waals surface area contributed by atoms with E-state index in [9.17, 15) is 14.7 Å². The van der Waals surface area contributed by atoms with Gasteiger partial charge in [0.1, 0.15) is 6.61 Å². The summed E-state index contributed by atoms with van der Waals surface area (Å²) in [6.45, 7) is 0.0252. The van der Waals surface area contributed by atoms with Crippen molar-refractivity contribution in [2.45, 2.75) is 44.4 Å². The number of piperidine rings is 1. The summed E-state index contributed by atoms with van der Waals surface area (Å²) in [5, 5.41) is 9.54. The molecule has 6 nitrogen and oxygen atoms in total. The largest absolute Gasteiger partial charge is 0.469 e. The van der Waals surface area contributed by atoms with Crippen molar-refractivity contribution in [2.24, 2.45) is 0 Å². The third-order valence-electron chi connectivity index (χ3n) is 4.12. The molecule has 1 N–H and O–H groups in total. The minimum Gasteiger partial charge on any atom is -0.469 e. The van der Waals surface area contributed by atoms with E-state index in [-0.39, 0.29) is 37.7 Å². The number of amides is 1. The van der Waals surface area contributed by atoms with Gasteiger partial charge < -0.3 is 14.6 Å². The Labute approximate surface area is 136 Å². The van der Waals surface area contributed by atoms with Crippen LogP contribution in [0.25, 0.3) is 0 Å². The van der Waals surface area contributed by atoms with Crippen LogP contribution in [-0.2, 0) is 20.9 Å². The molecule has 6 heteroatoms. The van der Waals surface area contributed by atoms with Crippen LogP contribution in [0.3, 0.4) is 0 Å². The molecule has 0 aliphatic carbocycles. The summed E-state index contributed by atoms with van der Waals surface area (Å²) < 4.78 is 10.1. The molecule has 0 radical (unpaired) electrons. The Kier molecular flexibility index (Phi) is 6.40. The van der Waals surface area contributed by atoms with Gasteiger partial charge in [0.25, 0.3) is 0 Å².